The number of nitrogens with zero attached hydrogens (tertiary/aromatic N) is 1. The Balaban J connectivity index is 1.53. The molecule has 0 saturated carbocycles. The van der Waals surface area contributed by atoms with Crippen LogP contribution >= 0.6 is 0 Å². The van der Waals surface area contributed by atoms with Crippen molar-refractivity contribution in [2.24, 2.45) is 0 Å². The summed E-state index contributed by atoms with van der Waals surface area (Å²) in [7, 11) is 0. The van der Waals surface area contributed by atoms with Gasteiger partial charge in [-0.3, -0.25) is 0 Å². The molecule has 1 aromatic rings. The number of benzene rings is 1. The van der Waals surface area contributed by atoms with Crippen LogP contribution in [0.2, 0.25) is 0 Å². The average Bonchev–Trinajstić information content (AvgIpc) is 2.63. The zero-order chi connectivity index (χ0) is 17.9. The number of likely N-dealkylation sites (tertiary alicyclic amines) is 1. The zero-order valence-electron chi connectivity index (χ0n) is 14.7. The van der Waals surface area contributed by atoms with Crippen LogP contribution < -0.4 is 15.4 Å². The topological polar surface area (TPSA) is 79.9 Å². The van der Waals surface area contributed by atoms with Gasteiger partial charge < -0.3 is 25.0 Å². The van der Waals surface area contributed by atoms with Gasteiger partial charge >= 0.3 is 12.1 Å². The van der Waals surface area contributed by atoms with Crippen LogP contribution in [0, 0.1) is 0 Å². The molecule has 0 atom stereocenters. The minimum Gasteiger partial charge on any atom is -0.494 e. The maximum atomic E-state index is 11.9. The van der Waals surface area contributed by atoms with Crippen molar-refractivity contribution < 1.29 is 19.1 Å². The monoisotopic (exact) mass is 349 g/mol. The van der Waals surface area contributed by atoms with E-state index in [1.165, 1.54) is 0 Å². The number of piperidine rings is 1. The van der Waals surface area contributed by atoms with Crippen LogP contribution in [-0.4, -0.2) is 55.9 Å². The molecule has 1 aliphatic rings. The third-order valence-electron chi connectivity index (χ3n) is 3.97. The number of carbonyl (C=O) groups excluding carboxylic acids is 2. The molecule has 1 aromatic carbocycles. The van der Waals surface area contributed by atoms with E-state index in [1.54, 1.807) is 11.8 Å². The molecule has 0 radical (unpaired) electrons. The number of hydrogen-bond donors (Lipinski definition) is 2. The van der Waals surface area contributed by atoms with Gasteiger partial charge in [-0.1, -0.05) is 18.2 Å². The van der Waals surface area contributed by atoms with Crippen molar-refractivity contribution in [1.29, 1.82) is 0 Å². The van der Waals surface area contributed by atoms with Crippen molar-refractivity contribution in [1.82, 2.24) is 15.5 Å². The Morgan fingerprint density at radius 2 is 1.92 bits per heavy atom. The van der Waals surface area contributed by atoms with Crippen LogP contribution in [0.15, 0.2) is 30.3 Å². The van der Waals surface area contributed by atoms with Crippen LogP contribution in [0.4, 0.5) is 9.59 Å². The van der Waals surface area contributed by atoms with E-state index in [9.17, 15) is 9.59 Å². The van der Waals surface area contributed by atoms with E-state index in [2.05, 4.69) is 10.6 Å². The van der Waals surface area contributed by atoms with E-state index in [0.717, 1.165) is 25.0 Å². The second-order valence-electron chi connectivity index (χ2n) is 5.88. The van der Waals surface area contributed by atoms with E-state index in [-0.39, 0.29) is 18.2 Å². The predicted molar refractivity (Wildman–Crippen MR) is 94.7 cm³/mol. The Hall–Kier alpha value is -2.44. The summed E-state index contributed by atoms with van der Waals surface area (Å²) < 4.78 is 10.6. The molecule has 3 amide bonds. The van der Waals surface area contributed by atoms with E-state index >= 15 is 0 Å². The Morgan fingerprint density at radius 3 is 2.60 bits per heavy atom. The van der Waals surface area contributed by atoms with Crippen molar-refractivity contribution in [3.63, 3.8) is 0 Å². The maximum Gasteiger partial charge on any atom is 0.409 e. The molecule has 138 valence electrons. The molecule has 2 rings (SSSR count). The smallest absolute Gasteiger partial charge is 0.409 e. The average molecular weight is 349 g/mol. The standard InChI is InChI=1S/C18H27N3O4/c1-2-24-18(23)21-12-9-15(10-13-21)20-17(22)19-11-6-14-25-16-7-4-3-5-8-16/h3-5,7-8,15H,2,6,9-14H2,1H3,(H2,19,20,22). The number of para-hydroxylation sites is 1. The molecule has 1 fully saturated rings. The number of hydrogen-bond acceptors (Lipinski definition) is 4. The first-order valence-corrected chi connectivity index (χ1v) is 8.83. The zero-order valence-corrected chi connectivity index (χ0v) is 14.7. The Labute approximate surface area is 148 Å². The first kappa shape index (κ1) is 18.9. The second kappa shape index (κ2) is 10.4. The second-order valence-corrected chi connectivity index (χ2v) is 5.88. The quantitative estimate of drug-likeness (QED) is 0.741. The third kappa shape index (κ3) is 6.91. The number of urea groups is 1. The molecule has 7 heteroatoms. The van der Waals surface area contributed by atoms with Gasteiger partial charge in [-0.25, -0.2) is 9.59 Å². The summed E-state index contributed by atoms with van der Waals surface area (Å²) in [4.78, 5) is 25.2. The van der Waals surface area contributed by atoms with Gasteiger partial charge in [-0.05, 0) is 38.3 Å². The first-order chi connectivity index (χ1) is 12.2. The van der Waals surface area contributed by atoms with Crippen LogP contribution in [0.1, 0.15) is 26.2 Å². The summed E-state index contributed by atoms with van der Waals surface area (Å²) in [6.45, 7) is 4.50. The van der Waals surface area contributed by atoms with Gasteiger partial charge in [-0.2, -0.15) is 0 Å². The number of carbonyl (C=O) groups is 2. The highest BCUT2D eigenvalue weighted by Gasteiger charge is 2.24. The molecule has 1 saturated heterocycles. The molecule has 0 unspecified atom stereocenters. The van der Waals surface area contributed by atoms with Crippen molar-refractivity contribution >= 4 is 12.1 Å². The fraction of sp³-hybridized carbons (Fsp3) is 0.556. The van der Waals surface area contributed by atoms with Gasteiger partial charge in [-0.15, -0.1) is 0 Å². The third-order valence-corrected chi connectivity index (χ3v) is 3.97. The minimum atomic E-state index is -0.274. The highest BCUT2D eigenvalue weighted by Crippen LogP contribution is 2.11. The summed E-state index contributed by atoms with van der Waals surface area (Å²) in [6.07, 6.45) is 1.94. The lowest BCUT2D eigenvalue weighted by molar-refractivity contribution is 0.0957. The first-order valence-electron chi connectivity index (χ1n) is 8.83. The number of nitrogens with one attached hydrogen (secondary N) is 2. The highest BCUT2D eigenvalue weighted by atomic mass is 16.6. The van der Waals surface area contributed by atoms with Crippen molar-refractivity contribution in [3.8, 4) is 5.75 Å². The Kier molecular flexibility index (Phi) is 7.88. The molecule has 0 spiro atoms. The fourth-order valence-corrected chi connectivity index (χ4v) is 2.64. The minimum absolute atomic E-state index is 0.0891. The fourth-order valence-electron chi connectivity index (χ4n) is 2.64. The van der Waals surface area contributed by atoms with Crippen molar-refractivity contribution in [3.05, 3.63) is 30.3 Å². The number of rotatable bonds is 7. The molecule has 1 aliphatic heterocycles. The van der Waals surface area contributed by atoms with E-state index in [0.29, 0.717) is 32.8 Å². The summed E-state index contributed by atoms with van der Waals surface area (Å²) in [6, 6.07) is 9.52. The predicted octanol–water partition coefficient (Wildman–Crippen LogP) is 2.38. The lowest BCUT2D eigenvalue weighted by atomic mass is 10.1. The van der Waals surface area contributed by atoms with Gasteiger partial charge in [0, 0.05) is 25.7 Å². The summed E-state index contributed by atoms with van der Waals surface area (Å²) in [5, 5.41) is 5.78. The van der Waals surface area contributed by atoms with Gasteiger partial charge in [0.05, 0.1) is 13.2 Å². The molecule has 25 heavy (non-hydrogen) atoms. The molecule has 1 heterocycles. The summed E-state index contributed by atoms with van der Waals surface area (Å²) >= 11 is 0. The van der Waals surface area contributed by atoms with E-state index in [4.69, 9.17) is 9.47 Å². The molecule has 2 N–H and O–H groups in total. The van der Waals surface area contributed by atoms with Gasteiger partial charge in [0.15, 0.2) is 0 Å². The van der Waals surface area contributed by atoms with E-state index < -0.39 is 0 Å². The van der Waals surface area contributed by atoms with Crippen LogP contribution in [0.3, 0.4) is 0 Å². The molecular weight excluding hydrogens is 322 g/mol. The van der Waals surface area contributed by atoms with Crippen LogP contribution in [0.5, 0.6) is 5.75 Å². The maximum absolute atomic E-state index is 11.9. The molecule has 0 aliphatic carbocycles. The van der Waals surface area contributed by atoms with Gasteiger partial charge in [0.2, 0.25) is 0 Å². The highest BCUT2D eigenvalue weighted by molar-refractivity contribution is 5.74. The number of ether oxygens (including phenoxy) is 2. The van der Waals surface area contributed by atoms with Crippen LogP contribution in [0.25, 0.3) is 0 Å². The summed E-state index contributed by atoms with van der Waals surface area (Å²) in [5.74, 6) is 0.834. The van der Waals surface area contributed by atoms with Crippen molar-refractivity contribution in [2.75, 3.05) is 32.8 Å². The number of amides is 3. The Morgan fingerprint density at radius 1 is 1.20 bits per heavy atom. The van der Waals surface area contributed by atoms with Crippen molar-refractivity contribution in [2.45, 2.75) is 32.2 Å². The van der Waals surface area contributed by atoms with Gasteiger partial charge in [0.1, 0.15) is 5.75 Å². The van der Waals surface area contributed by atoms with Crippen LogP contribution in [-0.2, 0) is 4.74 Å². The molecular formula is C18H27N3O4. The normalized spacial score (nSPS) is 14.7. The van der Waals surface area contributed by atoms with E-state index in [1.807, 2.05) is 30.3 Å². The summed E-state index contributed by atoms with van der Waals surface area (Å²) in [5.41, 5.74) is 0. The molecule has 7 nitrogen and oxygen atoms in total. The molecule has 0 aromatic heterocycles. The SMILES string of the molecule is CCOC(=O)N1CCC(NC(=O)NCCCOc2ccccc2)CC1. The van der Waals surface area contributed by atoms with Gasteiger partial charge in [0.25, 0.3) is 0 Å². The molecule has 0 bridgehead atoms. The largest absolute Gasteiger partial charge is 0.494 e. The lowest BCUT2D eigenvalue weighted by Gasteiger charge is -2.31. The lowest BCUT2D eigenvalue weighted by Crippen LogP contribution is -2.49. The Bertz CT molecular complexity index is 530.